The second kappa shape index (κ2) is 6.15. The standard InChI is InChI=1S/C16H28O4/c1-11-12(14(18)19-6)7-9-16(11,5)10-8-13(17)20-15(2,3)4/h11-12H,7-10H2,1-6H3. The zero-order valence-electron chi connectivity index (χ0n) is 13.6. The highest BCUT2D eigenvalue weighted by Crippen LogP contribution is 2.49. The van der Waals surface area contributed by atoms with Crippen LogP contribution in [-0.4, -0.2) is 24.6 Å². The molecule has 0 saturated heterocycles. The Morgan fingerprint density at radius 3 is 2.40 bits per heavy atom. The molecular weight excluding hydrogens is 256 g/mol. The van der Waals surface area contributed by atoms with Gasteiger partial charge in [-0.15, -0.1) is 0 Å². The van der Waals surface area contributed by atoms with Gasteiger partial charge in [-0.1, -0.05) is 13.8 Å². The molecule has 0 aromatic heterocycles. The SMILES string of the molecule is COC(=O)C1CCC(C)(CCC(=O)OC(C)(C)C)C1C. The predicted molar refractivity (Wildman–Crippen MR) is 77.1 cm³/mol. The van der Waals surface area contributed by atoms with Crippen LogP contribution in [0.5, 0.6) is 0 Å². The second-order valence-electron chi connectivity index (χ2n) is 7.20. The lowest BCUT2D eigenvalue weighted by Crippen LogP contribution is -2.29. The summed E-state index contributed by atoms with van der Waals surface area (Å²) in [7, 11) is 1.44. The molecule has 0 aromatic carbocycles. The van der Waals surface area contributed by atoms with Gasteiger partial charge < -0.3 is 9.47 Å². The van der Waals surface area contributed by atoms with E-state index in [-0.39, 0.29) is 29.2 Å². The molecule has 0 bridgehead atoms. The van der Waals surface area contributed by atoms with E-state index in [4.69, 9.17) is 9.47 Å². The highest BCUT2D eigenvalue weighted by Gasteiger charge is 2.45. The van der Waals surface area contributed by atoms with E-state index in [9.17, 15) is 9.59 Å². The largest absolute Gasteiger partial charge is 0.469 e. The van der Waals surface area contributed by atoms with Crippen molar-refractivity contribution in [2.24, 2.45) is 17.3 Å². The van der Waals surface area contributed by atoms with Gasteiger partial charge in [0.1, 0.15) is 5.60 Å². The summed E-state index contributed by atoms with van der Waals surface area (Å²) in [6, 6.07) is 0. The van der Waals surface area contributed by atoms with E-state index in [0.29, 0.717) is 6.42 Å². The van der Waals surface area contributed by atoms with E-state index in [1.807, 2.05) is 20.8 Å². The lowest BCUT2D eigenvalue weighted by molar-refractivity contribution is -0.155. The van der Waals surface area contributed by atoms with Gasteiger partial charge >= 0.3 is 11.9 Å². The number of hydrogen-bond donors (Lipinski definition) is 0. The minimum atomic E-state index is -0.437. The van der Waals surface area contributed by atoms with Crippen LogP contribution in [0.15, 0.2) is 0 Å². The molecule has 0 N–H and O–H groups in total. The molecule has 0 aliphatic heterocycles. The van der Waals surface area contributed by atoms with Crippen LogP contribution in [0, 0.1) is 17.3 Å². The van der Waals surface area contributed by atoms with Crippen LogP contribution in [0.25, 0.3) is 0 Å². The maximum absolute atomic E-state index is 11.8. The first-order valence-electron chi connectivity index (χ1n) is 7.39. The van der Waals surface area contributed by atoms with Gasteiger partial charge in [0, 0.05) is 6.42 Å². The van der Waals surface area contributed by atoms with E-state index in [1.165, 1.54) is 7.11 Å². The zero-order valence-corrected chi connectivity index (χ0v) is 13.6. The summed E-state index contributed by atoms with van der Waals surface area (Å²) >= 11 is 0. The number of carbonyl (C=O) groups excluding carboxylic acids is 2. The van der Waals surface area contributed by atoms with Gasteiger partial charge in [0.2, 0.25) is 0 Å². The summed E-state index contributed by atoms with van der Waals surface area (Å²) in [6.07, 6.45) is 2.97. The summed E-state index contributed by atoms with van der Waals surface area (Å²) in [5, 5.41) is 0. The van der Waals surface area contributed by atoms with Crippen molar-refractivity contribution in [3.8, 4) is 0 Å². The van der Waals surface area contributed by atoms with E-state index < -0.39 is 5.60 Å². The van der Waals surface area contributed by atoms with Gasteiger partial charge in [0.05, 0.1) is 13.0 Å². The molecule has 1 rings (SSSR count). The number of ether oxygens (including phenoxy) is 2. The van der Waals surface area contributed by atoms with Gasteiger partial charge in [-0.2, -0.15) is 0 Å². The number of hydrogen-bond acceptors (Lipinski definition) is 4. The first-order chi connectivity index (χ1) is 9.09. The van der Waals surface area contributed by atoms with E-state index in [1.54, 1.807) is 0 Å². The Morgan fingerprint density at radius 2 is 1.90 bits per heavy atom. The topological polar surface area (TPSA) is 52.6 Å². The van der Waals surface area contributed by atoms with Crippen LogP contribution < -0.4 is 0 Å². The normalized spacial score (nSPS) is 30.1. The average molecular weight is 284 g/mol. The van der Waals surface area contributed by atoms with Crippen molar-refractivity contribution in [3.63, 3.8) is 0 Å². The first kappa shape index (κ1) is 17.0. The smallest absolute Gasteiger partial charge is 0.308 e. The maximum Gasteiger partial charge on any atom is 0.308 e. The maximum atomic E-state index is 11.8. The fourth-order valence-corrected chi connectivity index (χ4v) is 3.05. The van der Waals surface area contributed by atoms with E-state index >= 15 is 0 Å². The summed E-state index contributed by atoms with van der Waals surface area (Å²) in [5.41, 5.74) is -0.427. The lowest BCUT2D eigenvalue weighted by Gasteiger charge is -2.31. The quantitative estimate of drug-likeness (QED) is 0.743. The molecule has 4 heteroatoms. The summed E-state index contributed by atoms with van der Waals surface area (Å²) < 4.78 is 10.2. The van der Waals surface area contributed by atoms with Crippen molar-refractivity contribution in [2.45, 2.75) is 65.9 Å². The van der Waals surface area contributed by atoms with E-state index in [0.717, 1.165) is 19.3 Å². The minimum absolute atomic E-state index is 0.00968. The Bertz CT molecular complexity index is 369. The molecule has 4 nitrogen and oxygen atoms in total. The molecule has 0 heterocycles. The Labute approximate surface area is 122 Å². The molecule has 1 fully saturated rings. The number of esters is 2. The minimum Gasteiger partial charge on any atom is -0.469 e. The molecule has 0 radical (unpaired) electrons. The van der Waals surface area contributed by atoms with Crippen LogP contribution in [0.2, 0.25) is 0 Å². The highest BCUT2D eigenvalue weighted by molar-refractivity contribution is 5.73. The molecule has 0 amide bonds. The van der Waals surface area contributed by atoms with Crippen LogP contribution in [0.3, 0.4) is 0 Å². The fourth-order valence-electron chi connectivity index (χ4n) is 3.05. The number of methoxy groups -OCH3 is 1. The van der Waals surface area contributed by atoms with Crippen LogP contribution in [-0.2, 0) is 19.1 Å². The second-order valence-corrected chi connectivity index (χ2v) is 7.20. The van der Waals surface area contributed by atoms with Crippen LogP contribution in [0.4, 0.5) is 0 Å². The van der Waals surface area contributed by atoms with E-state index in [2.05, 4.69) is 13.8 Å². The fraction of sp³-hybridized carbons (Fsp3) is 0.875. The summed E-state index contributed by atoms with van der Waals surface area (Å²) in [5.74, 6) is -0.0908. The molecule has 3 atom stereocenters. The molecule has 0 aromatic rings. The van der Waals surface area contributed by atoms with Gasteiger partial charge in [-0.3, -0.25) is 9.59 Å². The average Bonchev–Trinajstić information content (AvgIpc) is 2.62. The Kier molecular flexibility index (Phi) is 5.22. The Morgan fingerprint density at radius 1 is 1.30 bits per heavy atom. The molecule has 1 saturated carbocycles. The summed E-state index contributed by atoms with van der Waals surface area (Å²) in [4.78, 5) is 23.5. The number of rotatable bonds is 4. The van der Waals surface area contributed by atoms with Gasteiger partial charge in [-0.25, -0.2) is 0 Å². The Hall–Kier alpha value is -1.06. The molecule has 3 unspecified atom stereocenters. The van der Waals surface area contributed by atoms with Crippen molar-refractivity contribution >= 4 is 11.9 Å². The van der Waals surface area contributed by atoms with Crippen molar-refractivity contribution in [2.75, 3.05) is 7.11 Å². The van der Waals surface area contributed by atoms with Crippen molar-refractivity contribution in [3.05, 3.63) is 0 Å². The zero-order chi connectivity index (χ0) is 15.6. The number of carbonyl (C=O) groups is 2. The lowest BCUT2D eigenvalue weighted by atomic mass is 9.75. The van der Waals surface area contributed by atoms with Gasteiger partial charge in [0.15, 0.2) is 0 Å². The van der Waals surface area contributed by atoms with Gasteiger partial charge in [-0.05, 0) is 51.4 Å². The third-order valence-corrected chi connectivity index (χ3v) is 4.55. The molecule has 1 aliphatic carbocycles. The third-order valence-electron chi connectivity index (χ3n) is 4.55. The monoisotopic (exact) mass is 284 g/mol. The predicted octanol–water partition coefficient (Wildman–Crippen LogP) is 3.33. The Balaban J connectivity index is 2.55. The molecule has 20 heavy (non-hydrogen) atoms. The first-order valence-corrected chi connectivity index (χ1v) is 7.39. The molecular formula is C16H28O4. The molecule has 0 spiro atoms. The van der Waals surface area contributed by atoms with Gasteiger partial charge in [0.25, 0.3) is 0 Å². The van der Waals surface area contributed by atoms with Crippen molar-refractivity contribution in [1.82, 2.24) is 0 Å². The van der Waals surface area contributed by atoms with Crippen LogP contribution in [0.1, 0.15) is 60.3 Å². The molecule has 1 aliphatic rings. The van der Waals surface area contributed by atoms with Crippen molar-refractivity contribution in [1.29, 1.82) is 0 Å². The summed E-state index contributed by atoms with van der Waals surface area (Å²) in [6.45, 7) is 9.86. The van der Waals surface area contributed by atoms with Crippen LogP contribution >= 0.6 is 0 Å². The highest BCUT2D eigenvalue weighted by atomic mass is 16.6. The third kappa shape index (κ3) is 4.22. The molecule has 116 valence electrons. The van der Waals surface area contributed by atoms with Crippen molar-refractivity contribution < 1.29 is 19.1 Å².